The Hall–Kier alpha value is -1.25. The second kappa shape index (κ2) is 9.09. The zero-order valence-corrected chi connectivity index (χ0v) is 20.3. The number of aryl methyl sites for hydroxylation is 3. The first-order chi connectivity index (χ1) is 14.1. The summed E-state index contributed by atoms with van der Waals surface area (Å²) in [6, 6.07) is 6.68. The van der Waals surface area contributed by atoms with Crippen molar-refractivity contribution in [3.63, 3.8) is 0 Å². The highest BCUT2D eigenvalue weighted by molar-refractivity contribution is 7.67. The summed E-state index contributed by atoms with van der Waals surface area (Å²) < 4.78 is 13.8. The highest BCUT2D eigenvalue weighted by Crippen LogP contribution is 2.54. The van der Waals surface area contributed by atoms with Gasteiger partial charge >= 0.3 is 0 Å². The van der Waals surface area contributed by atoms with Gasteiger partial charge in [0.05, 0.1) is 15.6 Å². The number of Topliss-reactive ketones (excluding diaryl/α,β-unsaturated/α-hetero) is 1. The van der Waals surface area contributed by atoms with E-state index < -0.39 is 24.3 Å². The van der Waals surface area contributed by atoms with E-state index in [-0.39, 0.29) is 15.6 Å². The van der Waals surface area contributed by atoms with E-state index in [0.717, 1.165) is 36.0 Å². The van der Waals surface area contributed by atoms with Crippen molar-refractivity contribution in [2.45, 2.75) is 58.0 Å². The summed E-state index contributed by atoms with van der Waals surface area (Å²) in [5.74, 6) is -0.425. The third-order valence-corrected chi connectivity index (χ3v) is 8.64. The van der Waals surface area contributed by atoms with Crippen LogP contribution in [0.15, 0.2) is 24.3 Å². The Labute approximate surface area is 192 Å². The van der Waals surface area contributed by atoms with Gasteiger partial charge in [0.15, 0.2) is 13.6 Å². The molecular weight excluding hydrogens is 462 g/mol. The predicted molar refractivity (Wildman–Crippen MR) is 124 cm³/mol. The van der Waals surface area contributed by atoms with Crippen LogP contribution in [-0.4, -0.2) is 16.5 Å². The fourth-order valence-electron chi connectivity index (χ4n) is 4.46. The quantitative estimate of drug-likeness (QED) is 0.318. The molecule has 1 aliphatic rings. The lowest BCUT2D eigenvalue weighted by atomic mass is 9.82. The molecule has 1 saturated carbocycles. The molecule has 7 heteroatoms. The number of carbonyl (C=O) groups excluding carboxylic acids is 2. The Morgan fingerprint density at radius 1 is 0.833 bits per heavy atom. The monoisotopic (exact) mass is 483 g/mol. The predicted octanol–water partition coefficient (Wildman–Crippen LogP) is 8.13. The van der Waals surface area contributed by atoms with E-state index in [2.05, 4.69) is 0 Å². The van der Waals surface area contributed by atoms with Gasteiger partial charge in [-0.25, -0.2) is 0 Å². The van der Waals surface area contributed by atoms with Gasteiger partial charge in [0.2, 0.25) is 5.52 Å². The van der Waals surface area contributed by atoms with E-state index in [1.54, 1.807) is 0 Å². The molecule has 1 radical (unpaired) electrons. The van der Waals surface area contributed by atoms with Crippen LogP contribution in [0, 0.1) is 20.8 Å². The van der Waals surface area contributed by atoms with Crippen molar-refractivity contribution in [2.75, 3.05) is 0 Å². The van der Waals surface area contributed by atoms with Gasteiger partial charge in [-0.1, -0.05) is 71.8 Å². The fourth-order valence-corrected chi connectivity index (χ4v) is 7.42. The lowest BCUT2D eigenvalue weighted by Gasteiger charge is -2.34. The van der Waals surface area contributed by atoms with E-state index in [4.69, 9.17) is 34.8 Å². The molecule has 2 aromatic carbocycles. The van der Waals surface area contributed by atoms with Crippen molar-refractivity contribution >= 4 is 53.9 Å². The molecule has 0 aromatic heterocycles. The van der Waals surface area contributed by atoms with Crippen LogP contribution in [0.1, 0.15) is 69.5 Å². The standard InChI is InChI=1S/C23H23Cl3O3P/c1-13-9-14(2)19(15(3)10-13)22(28)30(29)23(7-5-4-6-8-23)21(27)20-17(25)11-16(24)12-18(20)26/h9-12H,4-8H2,1-3H3. The summed E-state index contributed by atoms with van der Waals surface area (Å²) in [6.45, 7) is 5.61. The minimum absolute atomic E-state index is 0.0955. The average Bonchev–Trinajstić information content (AvgIpc) is 2.66. The molecule has 1 aliphatic carbocycles. The van der Waals surface area contributed by atoms with Crippen molar-refractivity contribution in [1.82, 2.24) is 0 Å². The van der Waals surface area contributed by atoms with Crippen LogP contribution in [0.2, 0.25) is 15.1 Å². The summed E-state index contributed by atoms with van der Waals surface area (Å²) in [6.07, 6.45) is 3.10. The van der Waals surface area contributed by atoms with Crippen LogP contribution < -0.4 is 0 Å². The molecule has 159 valence electrons. The Morgan fingerprint density at radius 2 is 1.33 bits per heavy atom. The van der Waals surface area contributed by atoms with Crippen LogP contribution in [0.25, 0.3) is 0 Å². The molecule has 3 nitrogen and oxygen atoms in total. The molecule has 1 fully saturated rings. The second-order valence-corrected chi connectivity index (χ2v) is 11.1. The number of ketones is 1. The zero-order valence-electron chi connectivity index (χ0n) is 17.2. The first kappa shape index (κ1) is 23.4. The maximum absolute atomic E-state index is 13.8. The smallest absolute Gasteiger partial charge is 0.243 e. The highest BCUT2D eigenvalue weighted by Gasteiger charge is 2.50. The summed E-state index contributed by atoms with van der Waals surface area (Å²) in [5, 5.41) is -0.775. The molecule has 1 atom stereocenters. The molecule has 0 saturated heterocycles. The van der Waals surface area contributed by atoms with Crippen molar-refractivity contribution in [2.24, 2.45) is 0 Å². The van der Waals surface area contributed by atoms with Crippen molar-refractivity contribution in [1.29, 1.82) is 0 Å². The second-order valence-electron chi connectivity index (χ2n) is 8.04. The number of rotatable bonds is 5. The van der Waals surface area contributed by atoms with E-state index in [1.807, 2.05) is 32.9 Å². The van der Waals surface area contributed by atoms with Crippen LogP contribution in [0.4, 0.5) is 0 Å². The molecule has 0 spiro atoms. The molecule has 0 bridgehead atoms. The van der Waals surface area contributed by atoms with E-state index >= 15 is 0 Å². The molecule has 0 amide bonds. The van der Waals surface area contributed by atoms with Gasteiger partial charge < -0.3 is 0 Å². The highest BCUT2D eigenvalue weighted by atomic mass is 35.5. The van der Waals surface area contributed by atoms with Gasteiger partial charge in [-0.3, -0.25) is 14.2 Å². The van der Waals surface area contributed by atoms with E-state index in [0.29, 0.717) is 23.4 Å². The van der Waals surface area contributed by atoms with Crippen molar-refractivity contribution < 1.29 is 14.2 Å². The summed E-state index contributed by atoms with van der Waals surface area (Å²) in [7, 11) is -2.55. The Morgan fingerprint density at radius 3 is 1.83 bits per heavy atom. The van der Waals surface area contributed by atoms with Gasteiger partial charge in [0.1, 0.15) is 5.16 Å². The largest absolute Gasteiger partial charge is 0.293 e. The number of carbonyl (C=O) groups is 2. The Balaban J connectivity index is 2.12. The van der Waals surface area contributed by atoms with Crippen molar-refractivity contribution in [3.8, 4) is 0 Å². The number of halogens is 3. The molecule has 30 heavy (non-hydrogen) atoms. The third-order valence-electron chi connectivity index (χ3n) is 5.80. The molecule has 0 heterocycles. The third kappa shape index (κ3) is 4.23. The van der Waals surface area contributed by atoms with Crippen LogP contribution in [0.3, 0.4) is 0 Å². The average molecular weight is 485 g/mol. The molecule has 0 N–H and O–H groups in total. The molecule has 1 unspecified atom stereocenters. The van der Waals surface area contributed by atoms with Crippen molar-refractivity contribution in [3.05, 3.63) is 67.2 Å². The summed E-state index contributed by atoms with van der Waals surface area (Å²) in [4.78, 5) is 27.2. The summed E-state index contributed by atoms with van der Waals surface area (Å²) >= 11 is 18.6. The zero-order chi connectivity index (χ0) is 22.2. The van der Waals surface area contributed by atoms with Gasteiger partial charge in [-0.05, 0) is 56.9 Å². The maximum atomic E-state index is 13.8. The Kier molecular flexibility index (Phi) is 7.09. The molecule has 2 aromatic rings. The number of benzene rings is 2. The Bertz CT molecular complexity index is 1010. The van der Waals surface area contributed by atoms with Crippen LogP contribution >= 0.6 is 42.6 Å². The van der Waals surface area contributed by atoms with Crippen LogP contribution in [-0.2, 0) is 4.57 Å². The van der Waals surface area contributed by atoms with E-state index in [9.17, 15) is 14.2 Å². The van der Waals surface area contributed by atoms with Gasteiger partial charge in [-0.15, -0.1) is 0 Å². The molecular formula is C23H23Cl3O3P. The normalized spacial score (nSPS) is 16.3. The minimum atomic E-state index is -2.55. The lowest BCUT2D eigenvalue weighted by Crippen LogP contribution is -2.39. The first-order valence-corrected chi connectivity index (χ1v) is 12.3. The fraction of sp³-hybridized carbons (Fsp3) is 0.391. The van der Waals surface area contributed by atoms with E-state index in [1.165, 1.54) is 12.1 Å². The number of hydrogen-bond acceptors (Lipinski definition) is 3. The SMILES string of the molecule is Cc1cc(C)c(C(=O)[P](=O)C2(C(=O)c3c(Cl)cc(Cl)cc3Cl)CCCCC2)c(C)c1. The summed E-state index contributed by atoms with van der Waals surface area (Å²) in [5.41, 5.74) is 2.62. The topological polar surface area (TPSA) is 51.2 Å². The van der Waals surface area contributed by atoms with Gasteiger partial charge in [0.25, 0.3) is 0 Å². The maximum Gasteiger partial charge on any atom is 0.243 e. The lowest BCUT2D eigenvalue weighted by molar-refractivity contribution is 0.0903. The molecule has 0 aliphatic heterocycles. The minimum Gasteiger partial charge on any atom is -0.293 e. The van der Waals surface area contributed by atoms with Gasteiger partial charge in [0, 0.05) is 10.6 Å². The van der Waals surface area contributed by atoms with Gasteiger partial charge in [-0.2, -0.15) is 0 Å². The van der Waals surface area contributed by atoms with Crippen LogP contribution in [0.5, 0.6) is 0 Å². The first-order valence-electron chi connectivity index (χ1n) is 9.87. The molecule has 3 rings (SSSR count). The number of hydrogen-bond donors (Lipinski definition) is 0.